The molecule has 1 fully saturated rings. The molecule has 0 unspecified atom stereocenters. The van der Waals surface area contributed by atoms with Crippen LogP contribution in [0.15, 0.2) is 29.1 Å². The summed E-state index contributed by atoms with van der Waals surface area (Å²) in [5.41, 5.74) is 1.96. The number of amides is 1. The molecule has 1 saturated heterocycles. The zero-order valence-electron chi connectivity index (χ0n) is 15.2. The van der Waals surface area contributed by atoms with Crippen molar-refractivity contribution in [2.45, 2.75) is 19.9 Å². The molecule has 9 heteroatoms. The molecule has 8 nitrogen and oxygen atoms in total. The lowest BCUT2D eigenvalue weighted by Crippen LogP contribution is -2.42. The van der Waals surface area contributed by atoms with Crippen molar-refractivity contribution in [3.63, 3.8) is 0 Å². The van der Waals surface area contributed by atoms with Gasteiger partial charge < -0.3 is 15.0 Å². The highest BCUT2D eigenvalue weighted by Crippen LogP contribution is 2.13. The van der Waals surface area contributed by atoms with Crippen molar-refractivity contribution >= 4 is 26.8 Å². The highest BCUT2D eigenvalue weighted by Gasteiger charge is 2.24. The second-order valence-electron chi connectivity index (χ2n) is 6.57. The fraction of sp³-hybridized carbons (Fsp3) is 0.444. The van der Waals surface area contributed by atoms with Crippen molar-refractivity contribution in [2.24, 2.45) is 0 Å². The van der Waals surface area contributed by atoms with Gasteiger partial charge in [0.1, 0.15) is 0 Å². The van der Waals surface area contributed by atoms with Crippen LogP contribution in [0, 0.1) is 6.92 Å². The Morgan fingerprint density at radius 3 is 2.74 bits per heavy atom. The first kappa shape index (κ1) is 19.5. The smallest absolute Gasteiger partial charge is 0.253 e. The monoisotopic (exact) mass is 393 g/mol. The Balaban J connectivity index is 1.58. The Morgan fingerprint density at radius 2 is 2.00 bits per heavy atom. The first-order chi connectivity index (χ1) is 12.8. The van der Waals surface area contributed by atoms with Gasteiger partial charge in [-0.3, -0.25) is 9.59 Å². The quantitative estimate of drug-likeness (QED) is 0.743. The Bertz CT molecular complexity index is 994. The Morgan fingerprint density at radius 1 is 1.26 bits per heavy atom. The molecule has 2 N–H and O–H groups in total. The zero-order chi connectivity index (χ0) is 19.4. The fourth-order valence-corrected chi connectivity index (χ4v) is 4.37. The van der Waals surface area contributed by atoms with Crippen molar-refractivity contribution in [3.05, 3.63) is 45.7 Å². The summed E-state index contributed by atoms with van der Waals surface area (Å²) in [6.45, 7) is 3.38. The number of carbonyl (C=O) groups excluding carboxylic acids is 1. The third kappa shape index (κ3) is 4.94. The van der Waals surface area contributed by atoms with Crippen LogP contribution in [0.3, 0.4) is 0 Å². The number of nitrogens with one attached hydrogen (secondary N) is 2. The predicted octanol–water partition coefficient (Wildman–Crippen LogP) is 0.505. The van der Waals surface area contributed by atoms with E-state index in [1.807, 2.05) is 25.1 Å². The normalized spacial score (nSPS) is 15.7. The Hall–Kier alpha value is -2.23. The maximum atomic E-state index is 12.2. The van der Waals surface area contributed by atoms with Gasteiger partial charge in [-0.1, -0.05) is 11.6 Å². The number of morpholine rings is 1. The number of ether oxygens (including phenoxy) is 1. The van der Waals surface area contributed by atoms with Crippen LogP contribution in [0.25, 0.3) is 10.9 Å². The van der Waals surface area contributed by atoms with Gasteiger partial charge in [0, 0.05) is 37.1 Å². The number of carbonyl (C=O) groups is 1. The number of fused-ring (bicyclic) bond motifs is 1. The van der Waals surface area contributed by atoms with E-state index < -0.39 is 15.9 Å². The number of aromatic amines is 1. The fourth-order valence-electron chi connectivity index (χ4n) is 2.96. The summed E-state index contributed by atoms with van der Waals surface area (Å²) in [7, 11) is -3.48. The number of nitrogens with zero attached hydrogens (tertiary/aromatic N) is 1. The topological polar surface area (TPSA) is 109 Å². The Labute approximate surface area is 157 Å². The van der Waals surface area contributed by atoms with Crippen molar-refractivity contribution < 1.29 is 17.9 Å². The average molecular weight is 393 g/mol. The van der Waals surface area contributed by atoms with Crippen LogP contribution in [0.4, 0.5) is 0 Å². The molecule has 0 radical (unpaired) electrons. The van der Waals surface area contributed by atoms with Crippen molar-refractivity contribution in [1.29, 1.82) is 0 Å². The van der Waals surface area contributed by atoms with Gasteiger partial charge in [0.05, 0.1) is 19.0 Å². The number of sulfonamides is 1. The summed E-state index contributed by atoms with van der Waals surface area (Å²) in [6, 6.07) is 7.44. The lowest BCUT2D eigenvalue weighted by atomic mass is 10.1. The molecule has 0 aliphatic carbocycles. The van der Waals surface area contributed by atoms with Gasteiger partial charge in [0.25, 0.3) is 5.56 Å². The zero-order valence-corrected chi connectivity index (χ0v) is 16.0. The molecule has 2 heterocycles. The molecule has 1 aromatic heterocycles. The molecule has 27 heavy (non-hydrogen) atoms. The minimum atomic E-state index is -3.48. The number of hydrogen-bond acceptors (Lipinski definition) is 5. The summed E-state index contributed by atoms with van der Waals surface area (Å²) in [4.78, 5) is 27.0. The third-order valence-electron chi connectivity index (χ3n) is 4.50. The van der Waals surface area contributed by atoms with E-state index in [9.17, 15) is 18.0 Å². The number of benzene rings is 1. The molecule has 146 valence electrons. The minimum absolute atomic E-state index is 0.0512. The van der Waals surface area contributed by atoms with Crippen molar-refractivity contribution in [3.8, 4) is 0 Å². The van der Waals surface area contributed by atoms with Crippen LogP contribution in [0.1, 0.15) is 17.5 Å². The minimum Gasteiger partial charge on any atom is -0.379 e. The molecule has 0 saturated carbocycles. The third-order valence-corrected chi connectivity index (χ3v) is 6.38. The number of rotatable bonds is 6. The second-order valence-corrected chi connectivity index (χ2v) is 8.66. The van der Waals surface area contributed by atoms with Crippen LogP contribution < -0.4 is 10.9 Å². The summed E-state index contributed by atoms with van der Waals surface area (Å²) in [5.74, 6) is -0.665. The van der Waals surface area contributed by atoms with E-state index in [1.54, 1.807) is 6.07 Å². The van der Waals surface area contributed by atoms with E-state index in [0.717, 1.165) is 16.5 Å². The first-order valence-electron chi connectivity index (χ1n) is 8.80. The molecule has 0 spiro atoms. The van der Waals surface area contributed by atoms with Crippen LogP contribution >= 0.6 is 0 Å². The molecular formula is C18H23N3O5S. The van der Waals surface area contributed by atoms with Gasteiger partial charge in [0.15, 0.2) is 0 Å². The first-order valence-corrected chi connectivity index (χ1v) is 10.4. The highest BCUT2D eigenvalue weighted by molar-refractivity contribution is 7.89. The number of hydrogen-bond donors (Lipinski definition) is 2. The van der Waals surface area contributed by atoms with Gasteiger partial charge in [-0.2, -0.15) is 4.31 Å². The van der Waals surface area contributed by atoms with E-state index in [-0.39, 0.29) is 24.3 Å². The second kappa shape index (κ2) is 8.20. The van der Waals surface area contributed by atoms with Crippen LogP contribution in [0.5, 0.6) is 0 Å². The number of H-pyrrole nitrogens is 1. The molecule has 1 aliphatic rings. The summed E-state index contributed by atoms with van der Waals surface area (Å²) in [5, 5.41) is 3.51. The number of pyridine rings is 1. The van der Waals surface area contributed by atoms with Gasteiger partial charge >= 0.3 is 0 Å². The molecule has 1 amide bonds. The Kier molecular flexibility index (Phi) is 5.93. The predicted molar refractivity (Wildman–Crippen MR) is 102 cm³/mol. The molecule has 2 aromatic rings. The van der Waals surface area contributed by atoms with Gasteiger partial charge in [-0.05, 0) is 30.5 Å². The largest absolute Gasteiger partial charge is 0.379 e. The van der Waals surface area contributed by atoms with Gasteiger partial charge in [0.2, 0.25) is 15.9 Å². The molecule has 1 aromatic carbocycles. The molecule has 0 bridgehead atoms. The van der Waals surface area contributed by atoms with E-state index in [0.29, 0.717) is 31.9 Å². The highest BCUT2D eigenvalue weighted by atomic mass is 32.2. The van der Waals surface area contributed by atoms with E-state index in [4.69, 9.17) is 4.74 Å². The number of aryl methyl sites for hydroxylation is 1. The van der Waals surface area contributed by atoms with Crippen LogP contribution in [0.2, 0.25) is 0 Å². The lowest BCUT2D eigenvalue weighted by Gasteiger charge is -2.25. The van der Waals surface area contributed by atoms with Gasteiger partial charge in [-0.25, -0.2) is 8.42 Å². The summed E-state index contributed by atoms with van der Waals surface area (Å²) < 4.78 is 31.0. The van der Waals surface area contributed by atoms with E-state index in [1.165, 1.54) is 4.31 Å². The maximum absolute atomic E-state index is 12.2. The summed E-state index contributed by atoms with van der Waals surface area (Å²) in [6.07, 6.45) is -0.149. The lowest BCUT2D eigenvalue weighted by molar-refractivity contribution is -0.120. The van der Waals surface area contributed by atoms with E-state index in [2.05, 4.69) is 10.3 Å². The van der Waals surface area contributed by atoms with Crippen LogP contribution in [-0.2, 0) is 26.1 Å². The molecule has 3 rings (SSSR count). The average Bonchev–Trinajstić information content (AvgIpc) is 2.66. The van der Waals surface area contributed by atoms with Gasteiger partial charge in [-0.15, -0.1) is 0 Å². The maximum Gasteiger partial charge on any atom is 0.253 e. The van der Waals surface area contributed by atoms with E-state index >= 15 is 0 Å². The summed E-state index contributed by atoms with van der Waals surface area (Å²) >= 11 is 0. The molecule has 1 aliphatic heterocycles. The molecule has 0 atom stereocenters. The van der Waals surface area contributed by atoms with Crippen molar-refractivity contribution in [2.75, 3.05) is 32.1 Å². The SMILES string of the molecule is Cc1ccc2[nH]c(=O)c(CNC(=O)CCS(=O)(=O)N3CCOCC3)cc2c1. The molecular weight excluding hydrogens is 370 g/mol. The standard InChI is InChI=1S/C18H23N3O5S/c1-13-2-3-16-14(10-13)11-15(18(23)20-16)12-19-17(22)4-9-27(24,25)21-5-7-26-8-6-21/h2-3,10-11H,4-9,12H2,1H3,(H,19,22)(H,20,23). The number of aromatic nitrogens is 1. The van der Waals surface area contributed by atoms with Crippen molar-refractivity contribution in [1.82, 2.24) is 14.6 Å². The van der Waals surface area contributed by atoms with Crippen LogP contribution in [-0.4, -0.2) is 55.7 Å².